The number of benzene rings is 1. The number of carbonyl (C=O) groups excluding carboxylic acids is 1. The molecular weight excluding hydrogens is 288 g/mol. The molecule has 0 heterocycles. The highest BCUT2D eigenvalue weighted by Crippen LogP contribution is 2.24. The van der Waals surface area contributed by atoms with Gasteiger partial charge in [-0.15, -0.1) is 0 Å². The van der Waals surface area contributed by atoms with E-state index in [-0.39, 0.29) is 16.3 Å². The Bertz CT molecular complexity index is 547. The number of carboxylic acids is 1. The zero-order chi connectivity index (χ0) is 15.3. The summed E-state index contributed by atoms with van der Waals surface area (Å²) in [4.78, 5) is 32.7. The number of carboxylic acid groups (broad SMARTS) is 1. The van der Waals surface area contributed by atoms with Gasteiger partial charge in [0.15, 0.2) is 0 Å². The lowest BCUT2D eigenvalue weighted by Gasteiger charge is -2.13. The summed E-state index contributed by atoms with van der Waals surface area (Å²) in [7, 11) is 0. The summed E-state index contributed by atoms with van der Waals surface area (Å²) in [5.41, 5.74) is -0.241. The molecule has 0 radical (unpaired) electrons. The van der Waals surface area contributed by atoms with Gasteiger partial charge >= 0.3 is 5.97 Å². The van der Waals surface area contributed by atoms with Crippen LogP contribution in [0.5, 0.6) is 0 Å². The average molecular weight is 301 g/mol. The number of hydrogen-bond acceptors (Lipinski definition) is 4. The molecule has 0 aliphatic carbocycles. The van der Waals surface area contributed by atoms with Crippen LogP contribution in [-0.4, -0.2) is 27.9 Å². The summed E-state index contributed by atoms with van der Waals surface area (Å²) >= 11 is 5.69. The van der Waals surface area contributed by atoms with Gasteiger partial charge in [0.05, 0.1) is 4.92 Å². The molecular formula is C12H13ClN2O5. The molecule has 0 saturated carbocycles. The minimum Gasteiger partial charge on any atom is -0.480 e. The van der Waals surface area contributed by atoms with Crippen LogP contribution in [0.4, 0.5) is 5.69 Å². The number of halogens is 1. The first-order valence-electron chi connectivity index (χ1n) is 5.84. The Morgan fingerprint density at radius 1 is 1.50 bits per heavy atom. The fourth-order valence-electron chi connectivity index (χ4n) is 1.58. The Balaban J connectivity index is 2.90. The van der Waals surface area contributed by atoms with Crippen LogP contribution in [0.25, 0.3) is 0 Å². The highest BCUT2D eigenvalue weighted by Gasteiger charge is 2.21. The molecule has 8 heteroatoms. The molecule has 0 aliphatic rings. The third-order valence-electron chi connectivity index (χ3n) is 2.59. The summed E-state index contributed by atoms with van der Waals surface area (Å²) in [6.45, 7) is 1.80. The van der Waals surface area contributed by atoms with Crippen LogP contribution in [0.15, 0.2) is 18.2 Å². The zero-order valence-electron chi connectivity index (χ0n) is 10.6. The van der Waals surface area contributed by atoms with E-state index in [0.29, 0.717) is 12.8 Å². The molecule has 1 aromatic carbocycles. The fraction of sp³-hybridized carbons (Fsp3) is 0.333. The van der Waals surface area contributed by atoms with Gasteiger partial charge in [-0.25, -0.2) is 4.79 Å². The molecule has 0 unspecified atom stereocenters. The van der Waals surface area contributed by atoms with Gasteiger partial charge in [-0.05, 0) is 18.6 Å². The number of aliphatic carboxylic acids is 1. The molecule has 1 amide bonds. The van der Waals surface area contributed by atoms with E-state index in [1.165, 1.54) is 6.07 Å². The van der Waals surface area contributed by atoms with Crippen LogP contribution < -0.4 is 5.32 Å². The molecule has 0 spiro atoms. The Morgan fingerprint density at radius 2 is 2.15 bits per heavy atom. The summed E-state index contributed by atoms with van der Waals surface area (Å²) in [5.74, 6) is -1.77. The number of carbonyl (C=O) groups is 2. The highest BCUT2D eigenvalue weighted by atomic mass is 35.5. The molecule has 1 aromatic rings. The lowest BCUT2D eigenvalue weighted by Crippen LogP contribution is -2.40. The number of nitro groups is 1. The van der Waals surface area contributed by atoms with Crippen molar-refractivity contribution in [3.8, 4) is 0 Å². The Morgan fingerprint density at radius 3 is 2.60 bits per heavy atom. The maximum absolute atomic E-state index is 11.9. The van der Waals surface area contributed by atoms with Crippen LogP contribution in [0.2, 0.25) is 5.02 Å². The van der Waals surface area contributed by atoms with Gasteiger partial charge in [-0.3, -0.25) is 14.9 Å². The Labute approximate surface area is 119 Å². The number of hydrogen-bond donors (Lipinski definition) is 2. The van der Waals surface area contributed by atoms with Gasteiger partial charge in [-0.2, -0.15) is 0 Å². The van der Waals surface area contributed by atoms with Gasteiger partial charge in [-0.1, -0.05) is 24.9 Å². The second kappa shape index (κ2) is 6.85. The smallest absolute Gasteiger partial charge is 0.326 e. The minimum atomic E-state index is -1.13. The van der Waals surface area contributed by atoms with Gasteiger partial charge in [0, 0.05) is 11.6 Å². The van der Waals surface area contributed by atoms with Crippen molar-refractivity contribution in [3.05, 3.63) is 38.9 Å². The molecule has 0 aromatic heterocycles. The SMILES string of the molecule is CCC[C@@H](NC(=O)c1ccc([N+](=O)[O-])c(Cl)c1)C(=O)O. The van der Waals surface area contributed by atoms with Crippen molar-refractivity contribution in [2.24, 2.45) is 0 Å². The van der Waals surface area contributed by atoms with E-state index in [9.17, 15) is 19.7 Å². The van der Waals surface area contributed by atoms with Crippen LogP contribution in [-0.2, 0) is 4.79 Å². The van der Waals surface area contributed by atoms with E-state index in [4.69, 9.17) is 16.7 Å². The molecule has 0 aliphatic heterocycles. The number of nitrogens with one attached hydrogen (secondary N) is 1. The predicted molar refractivity (Wildman–Crippen MR) is 71.9 cm³/mol. The van der Waals surface area contributed by atoms with Crippen molar-refractivity contribution in [1.82, 2.24) is 5.32 Å². The van der Waals surface area contributed by atoms with E-state index in [1.807, 2.05) is 0 Å². The first kappa shape index (κ1) is 15.9. The molecule has 0 bridgehead atoms. The van der Waals surface area contributed by atoms with Gasteiger partial charge in [0.25, 0.3) is 11.6 Å². The van der Waals surface area contributed by atoms with Crippen LogP contribution in [0, 0.1) is 10.1 Å². The van der Waals surface area contributed by atoms with Crippen molar-refractivity contribution < 1.29 is 19.6 Å². The maximum atomic E-state index is 11.9. The number of amides is 1. The molecule has 108 valence electrons. The number of nitrogens with zero attached hydrogens (tertiary/aromatic N) is 1. The first-order chi connectivity index (χ1) is 9.36. The van der Waals surface area contributed by atoms with Gasteiger partial charge in [0.1, 0.15) is 11.1 Å². The third kappa shape index (κ3) is 3.92. The fourth-order valence-corrected chi connectivity index (χ4v) is 1.83. The second-order valence-electron chi connectivity index (χ2n) is 4.08. The molecule has 1 atom stereocenters. The molecule has 0 fully saturated rings. The van der Waals surface area contributed by atoms with E-state index < -0.39 is 22.8 Å². The molecule has 2 N–H and O–H groups in total. The third-order valence-corrected chi connectivity index (χ3v) is 2.89. The lowest BCUT2D eigenvalue weighted by atomic mass is 10.1. The van der Waals surface area contributed by atoms with E-state index in [0.717, 1.165) is 12.1 Å². The zero-order valence-corrected chi connectivity index (χ0v) is 11.4. The number of rotatable bonds is 6. The van der Waals surface area contributed by atoms with Crippen molar-refractivity contribution in [2.75, 3.05) is 0 Å². The minimum absolute atomic E-state index is 0.0722. The summed E-state index contributed by atoms with van der Waals surface area (Å²) in [6, 6.07) is 2.47. The standard InChI is InChI=1S/C12H13ClN2O5/c1-2-3-9(12(17)18)14-11(16)7-4-5-10(15(19)20)8(13)6-7/h4-6,9H,2-3H2,1H3,(H,14,16)(H,17,18)/t9-/m1/s1. The van der Waals surface area contributed by atoms with Crippen molar-refractivity contribution >= 4 is 29.2 Å². The monoisotopic (exact) mass is 300 g/mol. The lowest BCUT2D eigenvalue weighted by molar-refractivity contribution is -0.384. The Hall–Kier alpha value is -2.15. The van der Waals surface area contributed by atoms with Crippen LogP contribution >= 0.6 is 11.6 Å². The summed E-state index contributed by atoms with van der Waals surface area (Å²) in [6.07, 6.45) is 0.889. The molecule has 0 saturated heterocycles. The maximum Gasteiger partial charge on any atom is 0.326 e. The first-order valence-corrected chi connectivity index (χ1v) is 6.22. The summed E-state index contributed by atoms with van der Waals surface area (Å²) < 4.78 is 0. The molecule has 20 heavy (non-hydrogen) atoms. The summed E-state index contributed by atoms with van der Waals surface area (Å²) in [5, 5.41) is 21.7. The van der Waals surface area contributed by atoms with E-state index >= 15 is 0 Å². The predicted octanol–water partition coefficient (Wildman–Crippen LogP) is 2.23. The topological polar surface area (TPSA) is 110 Å². The number of nitro benzene ring substituents is 1. The van der Waals surface area contributed by atoms with Crippen LogP contribution in [0.3, 0.4) is 0 Å². The van der Waals surface area contributed by atoms with E-state index in [2.05, 4.69) is 5.32 Å². The average Bonchev–Trinajstić information content (AvgIpc) is 2.37. The second-order valence-corrected chi connectivity index (χ2v) is 4.48. The Kier molecular flexibility index (Phi) is 5.45. The van der Waals surface area contributed by atoms with Crippen LogP contribution in [0.1, 0.15) is 30.1 Å². The van der Waals surface area contributed by atoms with Crippen molar-refractivity contribution in [3.63, 3.8) is 0 Å². The molecule has 1 rings (SSSR count). The van der Waals surface area contributed by atoms with Crippen molar-refractivity contribution in [1.29, 1.82) is 0 Å². The van der Waals surface area contributed by atoms with Gasteiger partial charge in [0.2, 0.25) is 0 Å². The quantitative estimate of drug-likeness (QED) is 0.618. The highest BCUT2D eigenvalue weighted by molar-refractivity contribution is 6.33. The normalized spacial score (nSPS) is 11.7. The largest absolute Gasteiger partial charge is 0.480 e. The van der Waals surface area contributed by atoms with Gasteiger partial charge < -0.3 is 10.4 Å². The van der Waals surface area contributed by atoms with Crippen molar-refractivity contribution in [2.45, 2.75) is 25.8 Å². The van der Waals surface area contributed by atoms with E-state index in [1.54, 1.807) is 6.92 Å². The molecule has 7 nitrogen and oxygen atoms in total.